The van der Waals surface area contributed by atoms with Crippen molar-refractivity contribution in [1.82, 2.24) is 0 Å². The van der Waals surface area contributed by atoms with Crippen molar-refractivity contribution < 1.29 is 4.79 Å². The van der Waals surface area contributed by atoms with E-state index in [0.717, 1.165) is 37.1 Å². The highest BCUT2D eigenvalue weighted by atomic mass is 16.1. The van der Waals surface area contributed by atoms with Crippen molar-refractivity contribution in [2.24, 2.45) is 0 Å². The molecule has 2 N–H and O–H groups in total. The molecular weight excluding hydrogens is 238 g/mol. The number of carbonyl (C=O) groups is 1. The normalized spacial score (nSPS) is 20.7. The predicted octanol–water partition coefficient (Wildman–Crippen LogP) is 3.02. The quantitative estimate of drug-likeness (QED) is 0.749. The molecule has 4 heteroatoms. The molecule has 1 aromatic carbocycles. The molecule has 0 saturated heterocycles. The lowest BCUT2D eigenvalue weighted by Crippen LogP contribution is -2.41. The van der Waals surface area contributed by atoms with Gasteiger partial charge in [0.05, 0.1) is 23.0 Å². The Hall–Kier alpha value is -2.02. The van der Waals surface area contributed by atoms with Crippen molar-refractivity contribution in [2.45, 2.75) is 44.1 Å². The van der Waals surface area contributed by atoms with Gasteiger partial charge in [0.2, 0.25) is 5.91 Å². The second-order valence-electron chi connectivity index (χ2n) is 5.56. The van der Waals surface area contributed by atoms with Crippen LogP contribution in [0, 0.1) is 11.3 Å². The number of nitrogens with zero attached hydrogens (tertiary/aromatic N) is 1. The Morgan fingerprint density at radius 3 is 2.68 bits per heavy atom. The lowest BCUT2D eigenvalue weighted by molar-refractivity contribution is -0.117. The first-order chi connectivity index (χ1) is 9.21. The van der Waals surface area contributed by atoms with E-state index >= 15 is 0 Å². The van der Waals surface area contributed by atoms with Gasteiger partial charge in [-0.15, -0.1) is 0 Å². The van der Waals surface area contributed by atoms with Gasteiger partial charge in [0.15, 0.2) is 0 Å². The highest BCUT2D eigenvalue weighted by Crippen LogP contribution is 2.39. The summed E-state index contributed by atoms with van der Waals surface area (Å²) in [7, 11) is 0. The van der Waals surface area contributed by atoms with E-state index < -0.39 is 0 Å². The molecule has 98 valence electrons. The Kier molecular flexibility index (Phi) is 2.90. The molecule has 0 atom stereocenters. The van der Waals surface area contributed by atoms with E-state index in [-0.39, 0.29) is 11.4 Å². The van der Waals surface area contributed by atoms with Gasteiger partial charge in [0, 0.05) is 12.0 Å². The van der Waals surface area contributed by atoms with Crippen LogP contribution in [-0.4, -0.2) is 11.4 Å². The van der Waals surface area contributed by atoms with E-state index in [4.69, 9.17) is 5.26 Å². The number of hydrogen-bond donors (Lipinski definition) is 2. The number of rotatable bonds is 0. The van der Waals surface area contributed by atoms with Crippen molar-refractivity contribution in [3.05, 3.63) is 23.8 Å². The van der Waals surface area contributed by atoms with Crippen LogP contribution in [0.25, 0.3) is 0 Å². The lowest BCUT2D eigenvalue weighted by Gasteiger charge is -2.37. The van der Waals surface area contributed by atoms with E-state index in [1.807, 2.05) is 6.07 Å². The van der Waals surface area contributed by atoms with Crippen LogP contribution in [0.5, 0.6) is 0 Å². The minimum Gasteiger partial charge on any atom is -0.377 e. The summed E-state index contributed by atoms with van der Waals surface area (Å²) in [5.41, 5.74) is 2.16. The van der Waals surface area contributed by atoms with Crippen molar-refractivity contribution >= 4 is 17.3 Å². The highest BCUT2D eigenvalue weighted by Gasteiger charge is 2.36. The third-order valence-electron chi connectivity index (χ3n) is 4.13. The average Bonchev–Trinajstić information content (AvgIpc) is 2.53. The number of nitrogens with one attached hydrogen (secondary N) is 2. The Bertz CT molecular complexity index is 553. The van der Waals surface area contributed by atoms with Gasteiger partial charge in [0.25, 0.3) is 0 Å². The fourth-order valence-corrected chi connectivity index (χ4v) is 3.19. The van der Waals surface area contributed by atoms with Gasteiger partial charge in [0.1, 0.15) is 0 Å². The van der Waals surface area contributed by atoms with E-state index in [0.29, 0.717) is 12.0 Å². The number of fused-ring (bicyclic) bond motifs is 1. The zero-order chi connectivity index (χ0) is 13.3. The highest BCUT2D eigenvalue weighted by molar-refractivity contribution is 5.97. The molecule has 1 saturated carbocycles. The van der Waals surface area contributed by atoms with Gasteiger partial charge in [-0.2, -0.15) is 5.26 Å². The predicted molar refractivity (Wildman–Crippen MR) is 73.8 cm³/mol. The SMILES string of the molecule is N#Cc1ccc2c(c1)NC1(CCCCC1)CC(=O)N2. The van der Waals surface area contributed by atoms with Gasteiger partial charge in [-0.25, -0.2) is 0 Å². The minimum atomic E-state index is -0.123. The molecule has 1 aliphatic heterocycles. The van der Waals surface area contributed by atoms with Gasteiger partial charge in [-0.05, 0) is 31.0 Å². The monoisotopic (exact) mass is 255 g/mol. The maximum Gasteiger partial charge on any atom is 0.226 e. The van der Waals surface area contributed by atoms with Crippen molar-refractivity contribution in [3.8, 4) is 6.07 Å². The molecular formula is C15H17N3O. The zero-order valence-electron chi connectivity index (χ0n) is 10.8. The molecule has 1 aromatic rings. The Morgan fingerprint density at radius 2 is 1.95 bits per heavy atom. The molecule has 1 amide bonds. The second kappa shape index (κ2) is 4.58. The van der Waals surface area contributed by atoms with Gasteiger partial charge in [-0.3, -0.25) is 4.79 Å². The third kappa shape index (κ3) is 2.28. The molecule has 4 nitrogen and oxygen atoms in total. The first-order valence-corrected chi connectivity index (χ1v) is 6.83. The summed E-state index contributed by atoms with van der Waals surface area (Å²) in [6, 6.07) is 7.52. The van der Waals surface area contributed by atoms with Gasteiger partial charge < -0.3 is 10.6 Å². The molecule has 0 bridgehead atoms. The van der Waals surface area contributed by atoms with E-state index in [2.05, 4.69) is 16.7 Å². The van der Waals surface area contributed by atoms with E-state index in [1.54, 1.807) is 12.1 Å². The van der Waals surface area contributed by atoms with Crippen molar-refractivity contribution in [2.75, 3.05) is 10.6 Å². The molecule has 2 aliphatic rings. The summed E-state index contributed by atoms with van der Waals surface area (Å²) in [5.74, 6) is 0.0675. The molecule has 0 aromatic heterocycles. The fourth-order valence-electron chi connectivity index (χ4n) is 3.19. The van der Waals surface area contributed by atoms with Crippen molar-refractivity contribution in [1.29, 1.82) is 5.26 Å². The Labute approximate surface area is 112 Å². The van der Waals surface area contributed by atoms with Crippen molar-refractivity contribution in [3.63, 3.8) is 0 Å². The van der Waals surface area contributed by atoms with Gasteiger partial charge in [-0.1, -0.05) is 19.3 Å². The number of amides is 1. The van der Waals surface area contributed by atoms with Crippen LogP contribution in [0.15, 0.2) is 18.2 Å². The molecule has 0 unspecified atom stereocenters. The number of nitriles is 1. The molecule has 3 rings (SSSR count). The standard InChI is InChI=1S/C15H17N3O/c16-10-11-4-5-12-13(8-11)18-15(9-14(19)17-12)6-2-1-3-7-15/h4-5,8,18H,1-3,6-7,9H2,(H,17,19). The third-order valence-corrected chi connectivity index (χ3v) is 4.13. The van der Waals surface area contributed by atoms with Gasteiger partial charge >= 0.3 is 0 Å². The summed E-state index contributed by atoms with van der Waals surface area (Å²) >= 11 is 0. The summed E-state index contributed by atoms with van der Waals surface area (Å²) in [6.45, 7) is 0. The number of anilines is 2. The van der Waals surface area contributed by atoms with Crippen LogP contribution in [0.2, 0.25) is 0 Å². The van der Waals surface area contributed by atoms with Crippen LogP contribution in [0.4, 0.5) is 11.4 Å². The molecule has 1 heterocycles. The molecule has 0 radical (unpaired) electrons. The van der Waals surface area contributed by atoms with Crippen LogP contribution in [0.1, 0.15) is 44.1 Å². The summed E-state index contributed by atoms with van der Waals surface area (Å²) in [4.78, 5) is 12.1. The largest absolute Gasteiger partial charge is 0.377 e. The first-order valence-electron chi connectivity index (χ1n) is 6.83. The molecule has 19 heavy (non-hydrogen) atoms. The number of carbonyl (C=O) groups excluding carboxylic acids is 1. The maximum atomic E-state index is 12.1. The number of benzene rings is 1. The minimum absolute atomic E-state index is 0.0675. The number of hydrogen-bond acceptors (Lipinski definition) is 3. The smallest absolute Gasteiger partial charge is 0.226 e. The first kappa shape index (κ1) is 12.0. The maximum absolute atomic E-state index is 12.1. The molecule has 1 fully saturated rings. The second-order valence-corrected chi connectivity index (χ2v) is 5.56. The molecule has 1 aliphatic carbocycles. The zero-order valence-corrected chi connectivity index (χ0v) is 10.8. The van der Waals surface area contributed by atoms with Crippen LogP contribution in [0.3, 0.4) is 0 Å². The lowest BCUT2D eigenvalue weighted by atomic mass is 9.79. The Morgan fingerprint density at radius 1 is 1.16 bits per heavy atom. The molecule has 1 spiro atoms. The Balaban J connectivity index is 2.00. The summed E-state index contributed by atoms with van der Waals surface area (Å²) in [6.07, 6.45) is 6.13. The van der Waals surface area contributed by atoms with Crippen LogP contribution in [-0.2, 0) is 4.79 Å². The van der Waals surface area contributed by atoms with E-state index in [9.17, 15) is 4.79 Å². The van der Waals surface area contributed by atoms with Crippen LogP contribution < -0.4 is 10.6 Å². The summed E-state index contributed by atoms with van der Waals surface area (Å²) < 4.78 is 0. The average molecular weight is 255 g/mol. The topological polar surface area (TPSA) is 64.9 Å². The van der Waals surface area contributed by atoms with E-state index in [1.165, 1.54) is 6.42 Å². The van der Waals surface area contributed by atoms with Crippen LogP contribution >= 0.6 is 0 Å². The fraction of sp³-hybridized carbons (Fsp3) is 0.467. The summed E-state index contributed by atoms with van der Waals surface area (Å²) in [5, 5.41) is 15.5.